The number of fused-ring (bicyclic) bond motifs is 2. The lowest BCUT2D eigenvalue weighted by Gasteiger charge is -2.34. The molecular formula is C22H25N3O2. The van der Waals surface area contributed by atoms with Crippen LogP contribution in [0.15, 0.2) is 48.7 Å². The number of benzene rings is 2. The van der Waals surface area contributed by atoms with Crippen molar-refractivity contribution in [2.24, 2.45) is 0 Å². The molecule has 5 heteroatoms. The van der Waals surface area contributed by atoms with E-state index in [9.17, 15) is 0 Å². The summed E-state index contributed by atoms with van der Waals surface area (Å²) in [4.78, 5) is 8.49. The van der Waals surface area contributed by atoms with Gasteiger partial charge in [0.05, 0.1) is 0 Å². The molecule has 0 atom stereocenters. The summed E-state index contributed by atoms with van der Waals surface area (Å²) >= 11 is 0. The lowest BCUT2D eigenvalue weighted by molar-refractivity contribution is 0.128. The fourth-order valence-corrected chi connectivity index (χ4v) is 4.09. The maximum atomic E-state index is 5.49. The van der Waals surface area contributed by atoms with Crippen LogP contribution in [-0.2, 0) is 13.0 Å². The average Bonchev–Trinajstić information content (AvgIpc) is 3.34. The van der Waals surface area contributed by atoms with E-state index in [-0.39, 0.29) is 0 Å². The minimum atomic E-state index is 0.341. The molecule has 0 radical (unpaired) electrons. The van der Waals surface area contributed by atoms with Crippen LogP contribution in [0.2, 0.25) is 0 Å². The third kappa shape index (κ3) is 3.53. The summed E-state index contributed by atoms with van der Waals surface area (Å²) < 4.78 is 10.9. The van der Waals surface area contributed by atoms with E-state index in [0.29, 0.717) is 6.79 Å². The smallest absolute Gasteiger partial charge is 0.231 e. The molecule has 1 N–H and O–H groups in total. The molecule has 5 rings (SSSR count). The summed E-state index contributed by atoms with van der Waals surface area (Å²) in [6.07, 6.45) is 3.27. The van der Waals surface area contributed by atoms with Gasteiger partial charge in [-0.15, -0.1) is 0 Å². The number of hydrogen-bond acceptors (Lipinski definition) is 4. The maximum Gasteiger partial charge on any atom is 0.231 e. The summed E-state index contributed by atoms with van der Waals surface area (Å²) in [6.45, 7) is 6.94. The van der Waals surface area contributed by atoms with Crippen LogP contribution in [0.3, 0.4) is 0 Å². The molecule has 3 heterocycles. The van der Waals surface area contributed by atoms with Gasteiger partial charge in [0.15, 0.2) is 11.5 Å². The number of hydrogen-bond donors (Lipinski definition) is 1. The molecule has 1 fully saturated rings. The Morgan fingerprint density at radius 3 is 2.63 bits per heavy atom. The van der Waals surface area contributed by atoms with Crippen LogP contribution >= 0.6 is 0 Å². The second kappa shape index (κ2) is 7.25. The van der Waals surface area contributed by atoms with Crippen LogP contribution in [0, 0.1) is 0 Å². The van der Waals surface area contributed by atoms with Gasteiger partial charge in [0.2, 0.25) is 6.79 Å². The molecule has 0 bridgehead atoms. The second-order valence-corrected chi connectivity index (χ2v) is 7.41. The first-order valence-corrected chi connectivity index (χ1v) is 9.73. The Balaban J connectivity index is 1.13. The zero-order chi connectivity index (χ0) is 18.1. The molecule has 0 spiro atoms. The topological polar surface area (TPSA) is 40.7 Å². The highest BCUT2D eigenvalue weighted by Crippen LogP contribution is 2.32. The third-order valence-corrected chi connectivity index (χ3v) is 5.68. The van der Waals surface area contributed by atoms with E-state index < -0.39 is 0 Å². The van der Waals surface area contributed by atoms with Crippen molar-refractivity contribution in [2.75, 3.05) is 39.5 Å². The van der Waals surface area contributed by atoms with Gasteiger partial charge in [0, 0.05) is 56.4 Å². The molecule has 140 valence electrons. The number of ether oxygens (including phenoxy) is 2. The standard InChI is InChI=1S/C22H25N3O2/c1-2-4-20-19(3-1)18(14-23-20)7-8-24-9-11-25(12-10-24)15-17-5-6-21-22(13-17)27-16-26-21/h1-6,13-14,23H,7-12,15-16H2. The highest BCUT2D eigenvalue weighted by molar-refractivity contribution is 5.83. The summed E-state index contributed by atoms with van der Waals surface area (Å²) in [7, 11) is 0. The minimum Gasteiger partial charge on any atom is -0.454 e. The van der Waals surface area contributed by atoms with Crippen molar-refractivity contribution in [2.45, 2.75) is 13.0 Å². The number of aromatic amines is 1. The van der Waals surface area contributed by atoms with Crippen molar-refractivity contribution in [3.05, 3.63) is 59.8 Å². The van der Waals surface area contributed by atoms with Gasteiger partial charge >= 0.3 is 0 Å². The molecule has 1 aromatic heterocycles. The number of nitrogens with zero attached hydrogens (tertiary/aromatic N) is 2. The highest BCUT2D eigenvalue weighted by atomic mass is 16.7. The molecule has 2 aliphatic heterocycles. The van der Waals surface area contributed by atoms with Crippen LogP contribution in [0.1, 0.15) is 11.1 Å². The zero-order valence-corrected chi connectivity index (χ0v) is 15.5. The SMILES string of the molecule is c1ccc2c(CCN3CCN(Cc4ccc5c(c4)OCO5)CC3)c[nH]c2c1. The van der Waals surface area contributed by atoms with Gasteiger partial charge in [-0.05, 0) is 35.7 Å². The molecule has 2 aromatic carbocycles. The molecule has 0 saturated carbocycles. The monoisotopic (exact) mass is 363 g/mol. The van der Waals surface area contributed by atoms with Gasteiger partial charge in [-0.2, -0.15) is 0 Å². The van der Waals surface area contributed by atoms with Crippen molar-refractivity contribution in [3.8, 4) is 11.5 Å². The van der Waals surface area contributed by atoms with Gasteiger partial charge in [-0.1, -0.05) is 24.3 Å². The first kappa shape index (κ1) is 16.7. The average molecular weight is 363 g/mol. The summed E-state index contributed by atoms with van der Waals surface area (Å²) in [6, 6.07) is 14.9. The highest BCUT2D eigenvalue weighted by Gasteiger charge is 2.19. The predicted octanol–water partition coefficient (Wildman–Crippen LogP) is 3.26. The Morgan fingerprint density at radius 2 is 1.70 bits per heavy atom. The van der Waals surface area contributed by atoms with Crippen molar-refractivity contribution in [3.63, 3.8) is 0 Å². The number of rotatable bonds is 5. The number of nitrogens with one attached hydrogen (secondary N) is 1. The van der Waals surface area contributed by atoms with E-state index in [1.807, 2.05) is 6.07 Å². The fraction of sp³-hybridized carbons (Fsp3) is 0.364. The number of H-pyrrole nitrogens is 1. The van der Waals surface area contributed by atoms with Crippen LogP contribution in [0.4, 0.5) is 0 Å². The lowest BCUT2D eigenvalue weighted by Crippen LogP contribution is -2.46. The largest absolute Gasteiger partial charge is 0.454 e. The van der Waals surface area contributed by atoms with Crippen LogP contribution < -0.4 is 9.47 Å². The molecular weight excluding hydrogens is 338 g/mol. The number of para-hydroxylation sites is 1. The minimum absolute atomic E-state index is 0.341. The molecule has 2 aliphatic rings. The number of aromatic nitrogens is 1. The van der Waals surface area contributed by atoms with Crippen LogP contribution in [0.25, 0.3) is 10.9 Å². The molecule has 5 nitrogen and oxygen atoms in total. The van der Waals surface area contributed by atoms with Gasteiger partial charge in [-0.25, -0.2) is 0 Å². The van der Waals surface area contributed by atoms with Crippen molar-refractivity contribution in [1.29, 1.82) is 0 Å². The van der Waals surface area contributed by atoms with E-state index in [4.69, 9.17) is 9.47 Å². The van der Waals surface area contributed by atoms with E-state index >= 15 is 0 Å². The molecule has 0 aliphatic carbocycles. The fourth-order valence-electron chi connectivity index (χ4n) is 4.09. The first-order chi connectivity index (χ1) is 13.3. The maximum absolute atomic E-state index is 5.49. The quantitative estimate of drug-likeness (QED) is 0.755. The second-order valence-electron chi connectivity index (χ2n) is 7.41. The number of piperazine rings is 1. The van der Waals surface area contributed by atoms with Crippen molar-refractivity contribution < 1.29 is 9.47 Å². The van der Waals surface area contributed by atoms with Gasteiger partial charge in [0.1, 0.15) is 0 Å². The van der Waals surface area contributed by atoms with E-state index in [2.05, 4.69) is 57.4 Å². The predicted molar refractivity (Wildman–Crippen MR) is 106 cm³/mol. The first-order valence-electron chi connectivity index (χ1n) is 9.73. The molecule has 0 amide bonds. The Hall–Kier alpha value is -2.50. The summed E-state index contributed by atoms with van der Waals surface area (Å²) in [5.41, 5.74) is 3.96. The lowest BCUT2D eigenvalue weighted by atomic mass is 10.1. The van der Waals surface area contributed by atoms with E-state index in [1.165, 1.54) is 22.0 Å². The van der Waals surface area contributed by atoms with Gasteiger partial charge in [-0.3, -0.25) is 4.90 Å². The van der Waals surface area contributed by atoms with E-state index in [0.717, 1.165) is 57.2 Å². The Morgan fingerprint density at radius 1 is 0.889 bits per heavy atom. The normalized spacial score (nSPS) is 17.6. The molecule has 1 saturated heterocycles. The Bertz CT molecular complexity index is 928. The van der Waals surface area contributed by atoms with Gasteiger partial charge < -0.3 is 19.4 Å². The third-order valence-electron chi connectivity index (χ3n) is 5.68. The van der Waals surface area contributed by atoms with E-state index in [1.54, 1.807) is 0 Å². The Labute approximate surface area is 159 Å². The summed E-state index contributed by atoms with van der Waals surface area (Å²) in [5, 5.41) is 1.36. The zero-order valence-electron chi connectivity index (χ0n) is 15.5. The molecule has 27 heavy (non-hydrogen) atoms. The van der Waals surface area contributed by atoms with Crippen molar-refractivity contribution in [1.82, 2.24) is 14.8 Å². The van der Waals surface area contributed by atoms with Crippen molar-refractivity contribution >= 4 is 10.9 Å². The molecule has 3 aromatic rings. The van der Waals surface area contributed by atoms with Crippen LogP contribution in [-0.4, -0.2) is 54.3 Å². The summed E-state index contributed by atoms with van der Waals surface area (Å²) in [5.74, 6) is 1.74. The van der Waals surface area contributed by atoms with Crippen LogP contribution in [0.5, 0.6) is 11.5 Å². The molecule has 0 unspecified atom stereocenters. The van der Waals surface area contributed by atoms with Gasteiger partial charge in [0.25, 0.3) is 0 Å². The Kier molecular flexibility index (Phi) is 4.47.